The minimum absolute atomic E-state index is 0.0318. The van der Waals surface area contributed by atoms with Gasteiger partial charge in [0.25, 0.3) is 0 Å². The standard InChI is InChI=1S/C10H12N2O/c1-7-11-5-9-8(6-13)3-2-4-10(9)12-7/h5-6,8H,2-4H2,1H3. The Morgan fingerprint density at radius 2 is 2.46 bits per heavy atom. The topological polar surface area (TPSA) is 42.9 Å². The van der Waals surface area contributed by atoms with E-state index in [1.54, 1.807) is 6.20 Å². The van der Waals surface area contributed by atoms with Gasteiger partial charge in [0, 0.05) is 23.4 Å². The van der Waals surface area contributed by atoms with Gasteiger partial charge in [0.1, 0.15) is 12.1 Å². The maximum atomic E-state index is 10.8. The molecule has 1 aliphatic rings. The molecule has 1 heterocycles. The molecule has 13 heavy (non-hydrogen) atoms. The Morgan fingerprint density at radius 1 is 1.62 bits per heavy atom. The van der Waals surface area contributed by atoms with Gasteiger partial charge in [-0.2, -0.15) is 0 Å². The molecule has 3 heteroatoms. The SMILES string of the molecule is Cc1ncc2c(n1)CCCC2C=O. The summed E-state index contributed by atoms with van der Waals surface area (Å²) in [5.41, 5.74) is 2.10. The van der Waals surface area contributed by atoms with Gasteiger partial charge >= 0.3 is 0 Å². The van der Waals surface area contributed by atoms with E-state index < -0.39 is 0 Å². The Hall–Kier alpha value is -1.25. The third-order valence-corrected chi connectivity index (χ3v) is 2.51. The van der Waals surface area contributed by atoms with Crippen LogP contribution in [0.1, 0.15) is 35.8 Å². The minimum atomic E-state index is 0.0318. The molecule has 3 nitrogen and oxygen atoms in total. The zero-order valence-corrected chi connectivity index (χ0v) is 7.66. The van der Waals surface area contributed by atoms with E-state index in [1.807, 2.05) is 6.92 Å². The quantitative estimate of drug-likeness (QED) is 0.607. The van der Waals surface area contributed by atoms with Crippen molar-refractivity contribution in [2.24, 2.45) is 0 Å². The van der Waals surface area contributed by atoms with E-state index in [2.05, 4.69) is 9.97 Å². The fourth-order valence-electron chi connectivity index (χ4n) is 1.82. The van der Waals surface area contributed by atoms with Crippen LogP contribution in [0.2, 0.25) is 0 Å². The van der Waals surface area contributed by atoms with Crippen LogP contribution in [-0.4, -0.2) is 16.3 Å². The number of carbonyl (C=O) groups excluding carboxylic acids is 1. The van der Waals surface area contributed by atoms with Gasteiger partial charge in [0.15, 0.2) is 0 Å². The van der Waals surface area contributed by atoms with E-state index in [4.69, 9.17) is 0 Å². The fourth-order valence-corrected chi connectivity index (χ4v) is 1.82. The normalized spacial score (nSPS) is 20.8. The van der Waals surface area contributed by atoms with Crippen LogP contribution in [0.25, 0.3) is 0 Å². The maximum absolute atomic E-state index is 10.8. The highest BCUT2D eigenvalue weighted by atomic mass is 16.1. The molecule has 1 aromatic rings. The van der Waals surface area contributed by atoms with Gasteiger partial charge in [0.05, 0.1) is 0 Å². The van der Waals surface area contributed by atoms with Crippen LogP contribution >= 0.6 is 0 Å². The molecular weight excluding hydrogens is 164 g/mol. The number of hydrogen-bond acceptors (Lipinski definition) is 3. The van der Waals surface area contributed by atoms with Gasteiger partial charge in [-0.3, -0.25) is 0 Å². The maximum Gasteiger partial charge on any atom is 0.127 e. The molecule has 0 radical (unpaired) electrons. The zero-order chi connectivity index (χ0) is 9.26. The van der Waals surface area contributed by atoms with Gasteiger partial charge in [-0.25, -0.2) is 9.97 Å². The second-order valence-electron chi connectivity index (χ2n) is 3.45. The van der Waals surface area contributed by atoms with Gasteiger partial charge in [-0.1, -0.05) is 0 Å². The summed E-state index contributed by atoms with van der Waals surface area (Å²) < 4.78 is 0. The number of rotatable bonds is 1. The molecule has 2 rings (SSSR count). The fraction of sp³-hybridized carbons (Fsp3) is 0.500. The minimum Gasteiger partial charge on any atom is -0.303 e. The number of aromatic nitrogens is 2. The Bertz CT molecular complexity index is 336. The van der Waals surface area contributed by atoms with Crippen LogP contribution < -0.4 is 0 Å². The Labute approximate surface area is 77.2 Å². The molecule has 1 aromatic heterocycles. The molecule has 0 spiro atoms. The molecule has 0 saturated carbocycles. The summed E-state index contributed by atoms with van der Waals surface area (Å²) >= 11 is 0. The lowest BCUT2D eigenvalue weighted by molar-refractivity contribution is -0.109. The Morgan fingerprint density at radius 3 is 3.23 bits per heavy atom. The van der Waals surface area contributed by atoms with Crippen molar-refractivity contribution in [3.63, 3.8) is 0 Å². The molecule has 68 valence electrons. The van der Waals surface area contributed by atoms with Crippen molar-refractivity contribution in [1.29, 1.82) is 0 Å². The molecule has 1 atom stereocenters. The lowest BCUT2D eigenvalue weighted by Gasteiger charge is -2.19. The summed E-state index contributed by atoms with van der Waals surface area (Å²) in [5.74, 6) is 0.828. The number of nitrogens with zero attached hydrogens (tertiary/aromatic N) is 2. The van der Waals surface area contributed by atoms with Crippen LogP contribution in [0.5, 0.6) is 0 Å². The smallest absolute Gasteiger partial charge is 0.127 e. The second kappa shape index (κ2) is 3.24. The molecule has 0 fully saturated rings. The molecule has 1 unspecified atom stereocenters. The first-order valence-corrected chi connectivity index (χ1v) is 4.59. The average Bonchev–Trinajstić information content (AvgIpc) is 2.16. The molecular formula is C10H12N2O. The summed E-state index contributed by atoms with van der Waals surface area (Å²) in [6.45, 7) is 1.88. The van der Waals surface area contributed by atoms with E-state index in [0.29, 0.717) is 0 Å². The summed E-state index contributed by atoms with van der Waals surface area (Å²) in [5, 5.41) is 0. The zero-order valence-electron chi connectivity index (χ0n) is 7.66. The molecule has 0 amide bonds. The van der Waals surface area contributed by atoms with E-state index in [1.165, 1.54) is 0 Å². The van der Waals surface area contributed by atoms with Gasteiger partial charge in [-0.05, 0) is 26.2 Å². The monoisotopic (exact) mass is 176 g/mol. The summed E-state index contributed by atoms with van der Waals surface area (Å²) in [4.78, 5) is 19.2. The highest BCUT2D eigenvalue weighted by molar-refractivity contribution is 5.63. The van der Waals surface area contributed by atoms with E-state index in [9.17, 15) is 4.79 Å². The van der Waals surface area contributed by atoms with Crippen molar-refractivity contribution >= 4 is 6.29 Å². The highest BCUT2D eigenvalue weighted by Gasteiger charge is 2.20. The van der Waals surface area contributed by atoms with Crippen molar-refractivity contribution in [2.45, 2.75) is 32.1 Å². The number of aryl methyl sites for hydroxylation is 2. The Balaban J connectivity index is 2.45. The number of aldehydes is 1. The number of fused-ring (bicyclic) bond motifs is 1. The third kappa shape index (κ3) is 1.46. The summed E-state index contributed by atoms with van der Waals surface area (Å²) in [6, 6.07) is 0. The lowest BCUT2D eigenvalue weighted by atomic mass is 9.88. The van der Waals surface area contributed by atoms with Gasteiger partial charge in [-0.15, -0.1) is 0 Å². The van der Waals surface area contributed by atoms with Crippen molar-refractivity contribution in [3.8, 4) is 0 Å². The van der Waals surface area contributed by atoms with Crippen molar-refractivity contribution in [2.75, 3.05) is 0 Å². The number of hydrogen-bond donors (Lipinski definition) is 0. The molecule has 0 N–H and O–H groups in total. The van der Waals surface area contributed by atoms with E-state index in [-0.39, 0.29) is 5.92 Å². The molecule has 1 aliphatic carbocycles. The van der Waals surface area contributed by atoms with Crippen molar-refractivity contribution in [1.82, 2.24) is 9.97 Å². The van der Waals surface area contributed by atoms with Crippen LogP contribution in [0.3, 0.4) is 0 Å². The van der Waals surface area contributed by atoms with E-state index in [0.717, 1.165) is 42.6 Å². The van der Waals surface area contributed by atoms with Crippen molar-refractivity contribution in [3.05, 3.63) is 23.3 Å². The summed E-state index contributed by atoms with van der Waals surface area (Å²) in [7, 11) is 0. The first kappa shape index (κ1) is 8.35. The van der Waals surface area contributed by atoms with Crippen molar-refractivity contribution < 1.29 is 4.79 Å². The van der Waals surface area contributed by atoms with Gasteiger partial charge < -0.3 is 4.79 Å². The Kier molecular flexibility index (Phi) is 2.08. The van der Waals surface area contributed by atoms with Crippen LogP contribution in [0.4, 0.5) is 0 Å². The first-order valence-electron chi connectivity index (χ1n) is 4.59. The molecule has 0 aliphatic heterocycles. The van der Waals surface area contributed by atoms with Crippen LogP contribution in [0, 0.1) is 6.92 Å². The van der Waals surface area contributed by atoms with Crippen LogP contribution in [-0.2, 0) is 11.2 Å². The third-order valence-electron chi connectivity index (χ3n) is 2.51. The molecule has 0 aromatic carbocycles. The lowest BCUT2D eigenvalue weighted by Crippen LogP contribution is -2.13. The molecule has 0 saturated heterocycles. The molecule has 0 bridgehead atoms. The summed E-state index contributed by atoms with van der Waals surface area (Å²) in [6.07, 6.45) is 5.81. The number of carbonyl (C=O) groups is 1. The predicted octanol–water partition coefficient (Wildman–Crippen LogP) is 1.40. The van der Waals surface area contributed by atoms with Crippen LogP contribution in [0.15, 0.2) is 6.20 Å². The average molecular weight is 176 g/mol. The highest BCUT2D eigenvalue weighted by Crippen LogP contribution is 2.27. The van der Waals surface area contributed by atoms with E-state index >= 15 is 0 Å². The second-order valence-corrected chi connectivity index (χ2v) is 3.45. The first-order chi connectivity index (χ1) is 6.31. The largest absolute Gasteiger partial charge is 0.303 e. The van der Waals surface area contributed by atoms with Gasteiger partial charge in [0.2, 0.25) is 0 Å². The predicted molar refractivity (Wildman–Crippen MR) is 48.5 cm³/mol.